The van der Waals surface area contributed by atoms with Crippen molar-refractivity contribution in [2.75, 3.05) is 29.9 Å². The van der Waals surface area contributed by atoms with E-state index in [-0.39, 0.29) is 5.57 Å². The molecule has 1 fully saturated rings. The summed E-state index contributed by atoms with van der Waals surface area (Å²) < 4.78 is 4.94. The normalized spacial score (nSPS) is 14.0. The van der Waals surface area contributed by atoms with Crippen LogP contribution in [-0.2, 0) is 9.53 Å². The minimum Gasteiger partial charge on any atom is -0.462 e. The largest absolute Gasteiger partial charge is 0.462 e. The van der Waals surface area contributed by atoms with Crippen molar-refractivity contribution < 1.29 is 14.3 Å². The van der Waals surface area contributed by atoms with Crippen LogP contribution in [0.25, 0.3) is 6.08 Å². The van der Waals surface area contributed by atoms with E-state index < -0.39 is 11.9 Å². The van der Waals surface area contributed by atoms with Gasteiger partial charge in [0, 0.05) is 24.5 Å². The first-order valence-electron chi connectivity index (χ1n) is 10.2. The van der Waals surface area contributed by atoms with E-state index in [1.807, 2.05) is 30.3 Å². The zero-order valence-corrected chi connectivity index (χ0v) is 17.1. The van der Waals surface area contributed by atoms with Gasteiger partial charge >= 0.3 is 5.97 Å². The number of nitrogens with zero attached hydrogens (tertiary/aromatic N) is 2. The number of anilines is 2. The molecular formula is C24H25N3O3. The third-order valence-electron chi connectivity index (χ3n) is 4.94. The van der Waals surface area contributed by atoms with Crippen LogP contribution in [0.3, 0.4) is 0 Å². The fourth-order valence-electron chi connectivity index (χ4n) is 3.35. The summed E-state index contributed by atoms with van der Waals surface area (Å²) in [5, 5.41) is 12.1. The second-order valence-electron chi connectivity index (χ2n) is 7.06. The number of carbonyl (C=O) groups is 2. The average Bonchev–Trinajstić information content (AvgIpc) is 2.79. The molecule has 1 heterocycles. The molecule has 0 aromatic heterocycles. The number of nitriles is 1. The number of hydrogen-bond acceptors (Lipinski definition) is 5. The van der Waals surface area contributed by atoms with E-state index in [0.717, 1.165) is 24.3 Å². The first-order valence-corrected chi connectivity index (χ1v) is 10.2. The summed E-state index contributed by atoms with van der Waals surface area (Å²) in [6.07, 6.45) is 5.27. The number of amides is 1. The summed E-state index contributed by atoms with van der Waals surface area (Å²) in [6.45, 7) is 4.17. The molecule has 0 radical (unpaired) electrons. The molecule has 0 saturated carbocycles. The second kappa shape index (κ2) is 10.3. The number of rotatable bonds is 6. The van der Waals surface area contributed by atoms with E-state index in [1.54, 1.807) is 37.3 Å². The highest BCUT2D eigenvalue weighted by molar-refractivity contribution is 6.09. The zero-order chi connectivity index (χ0) is 21.3. The van der Waals surface area contributed by atoms with Gasteiger partial charge in [0.05, 0.1) is 12.2 Å². The van der Waals surface area contributed by atoms with Crippen LogP contribution in [-0.4, -0.2) is 31.6 Å². The molecule has 1 N–H and O–H groups in total. The maximum absolute atomic E-state index is 12.5. The molecule has 0 atom stereocenters. The maximum atomic E-state index is 12.5. The molecule has 2 aromatic carbocycles. The number of ether oxygens (including phenoxy) is 1. The lowest BCUT2D eigenvalue weighted by atomic mass is 10.1. The molecule has 1 aliphatic heterocycles. The van der Waals surface area contributed by atoms with Gasteiger partial charge in [0.1, 0.15) is 11.6 Å². The van der Waals surface area contributed by atoms with Crippen LogP contribution < -0.4 is 10.2 Å². The van der Waals surface area contributed by atoms with Crippen molar-refractivity contribution in [3.05, 3.63) is 65.2 Å². The third-order valence-corrected chi connectivity index (χ3v) is 4.94. The second-order valence-corrected chi connectivity index (χ2v) is 7.06. The number of esters is 1. The summed E-state index contributed by atoms with van der Waals surface area (Å²) in [4.78, 5) is 26.5. The van der Waals surface area contributed by atoms with Gasteiger partial charge in [-0.05, 0) is 74.2 Å². The van der Waals surface area contributed by atoms with Crippen molar-refractivity contribution >= 4 is 29.3 Å². The lowest BCUT2D eigenvalue weighted by molar-refractivity contribution is -0.112. The molecule has 0 bridgehead atoms. The highest BCUT2D eigenvalue weighted by Crippen LogP contribution is 2.21. The van der Waals surface area contributed by atoms with E-state index in [1.165, 1.54) is 19.3 Å². The minimum absolute atomic E-state index is 0.00944. The van der Waals surface area contributed by atoms with Gasteiger partial charge in [-0.15, -0.1) is 0 Å². The number of carbonyl (C=O) groups excluding carboxylic acids is 2. The Morgan fingerprint density at radius 3 is 2.33 bits per heavy atom. The van der Waals surface area contributed by atoms with Crippen LogP contribution in [0.2, 0.25) is 0 Å². The number of piperidine rings is 1. The molecule has 1 aliphatic rings. The monoisotopic (exact) mass is 403 g/mol. The molecule has 0 aliphatic carbocycles. The first-order chi connectivity index (χ1) is 14.6. The molecule has 30 heavy (non-hydrogen) atoms. The fraction of sp³-hybridized carbons (Fsp3) is 0.292. The van der Waals surface area contributed by atoms with Crippen LogP contribution in [0.15, 0.2) is 54.1 Å². The highest BCUT2D eigenvalue weighted by atomic mass is 16.5. The van der Waals surface area contributed by atoms with Crippen molar-refractivity contribution in [2.24, 2.45) is 0 Å². The van der Waals surface area contributed by atoms with E-state index in [4.69, 9.17) is 4.74 Å². The van der Waals surface area contributed by atoms with E-state index in [0.29, 0.717) is 17.9 Å². The van der Waals surface area contributed by atoms with Crippen LogP contribution >= 0.6 is 0 Å². The number of nitrogens with one attached hydrogen (secondary N) is 1. The Kier molecular flexibility index (Phi) is 7.23. The first kappa shape index (κ1) is 21.1. The Morgan fingerprint density at radius 1 is 1.07 bits per heavy atom. The standard InChI is InChI=1S/C24H25N3O3/c1-2-30-24(29)19-8-10-21(11-9-19)26-23(28)20(17-25)16-18-6-12-22(13-7-18)27-14-4-3-5-15-27/h6-13,16H,2-5,14-15H2,1H3,(H,26,28)/b20-16+. The summed E-state index contributed by atoms with van der Waals surface area (Å²) >= 11 is 0. The molecule has 3 rings (SSSR count). The summed E-state index contributed by atoms with van der Waals surface area (Å²) in [5.41, 5.74) is 2.86. The molecule has 6 heteroatoms. The average molecular weight is 403 g/mol. The Balaban J connectivity index is 1.66. The molecule has 1 saturated heterocycles. The van der Waals surface area contributed by atoms with Crippen molar-refractivity contribution in [3.8, 4) is 6.07 Å². The highest BCUT2D eigenvalue weighted by Gasteiger charge is 2.13. The SMILES string of the molecule is CCOC(=O)c1ccc(NC(=O)/C(C#N)=C/c2ccc(N3CCCCC3)cc2)cc1. The topological polar surface area (TPSA) is 82.4 Å². The van der Waals surface area contributed by atoms with E-state index >= 15 is 0 Å². The predicted molar refractivity (Wildman–Crippen MR) is 117 cm³/mol. The van der Waals surface area contributed by atoms with E-state index in [2.05, 4.69) is 10.2 Å². The Labute approximate surface area is 176 Å². The zero-order valence-electron chi connectivity index (χ0n) is 17.1. The Bertz CT molecular complexity index is 951. The number of benzene rings is 2. The smallest absolute Gasteiger partial charge is 0.338 e. The molecule has 0 spiro atoms. The summed E-state index contributed by atoms with van der Waals surface area (Å²) in [5.74, 6) is -0.914. The predicted octanol–water partition coefficient (Wildman–Crippen LogP) is 4.40. The van der Waals surface area contributed by atoms with Gasteiger partial charge in [-0.3, -0.25) is 4.79 Å². The lowest BCUT2D eigenvalue weighted by Gasteiger charge is -2.28. The molecule has 0 unspecified atom stereocenters. The lowest BCUT2D eigenvalue weighted by Crippen LogP contribution is -2.29. The van der Waals surface area contributed by atoms with Gasteiger partial charge in [0.25, 0.3) is 5.91 Å². The van der Waals surface area contributed by atoms with Gasteiger partial charge in [-0.2, -0.15) is 5.26 Å². The fourth-order valence-corrected chi connectivity index (χ4v) is 3.35. The van der Waals surface area contributed by atoms with Crippen LogP contribution in [0.4, 0.5) is 11.4 Å². The molecule has 2 aromatic rings. The maximum Gasteiger partial charge on any atom is 0.338 e. The minimum atomic E-state index is -0.499. The van der Waals surface area contributed by atoms with Gasteiger partial charge in [-0.1, -0.05) is 12.1 Å². The van der Waals surface area contributed by atoms with Crippen LogP contribution in [0.1, 0.15) is 42.1 Å². The van der Waals surface area contributed by atoms with Crippen molar-refractivity contribution in [2.45, 2.75) is 26.2 Å². The molecule has 154 valence electrons. The van der Waals surface area contributed by atoms with Gasteiger partial charge in [0.15, 0.2) is 0 Å². The van der Waals surface area contributed by atoms with Crippen molar-refractivity contribution in [1.29, 1.82) is 5.26 Å². The third kappa shape index (κ3) is 5.48. The van der Waals surface area contributed by atoms with Gasteiger partial charge in [0.2, 0.25) is 0 Å². The summed E-state index contributed by atoms with van der Waals surface area (Å²) in [7, 11) is 0. The Morgan fingerprint density at radius 2 is 1.73 bits per heavy atom. The van der Waals surface area contributed by atoms with E-state index in [9.17, 15) is 14.9 Å². The van der Waals surface area contributed by atoms with Crippen molar-refractivity contribution in [1.82, 2.24) is 0 Å². The number of hydrogen-bond donors (Lipinski definition) is 1. The molecular weight excluding hydrogens is 378 g/mol. The quantitative estimate of drug-likeness (QED) is 0.439. The van der Waals surface area contributed by atoms with Crippen LogP contribution in [0, 0.1) is 11.3 Å². The van der Waals surface area contributed by atoms with Gasteiger partial charge < -0.3 is 15.0 Å². The Hall–Kier alpha value is -3.59. The molecule has 6 nitrogen and oxygen atoms in total. The summed E-state index contributed by atoms with van der Waals surface area (Å²) in [6, 6.07) is 16.2. The molecule has 1 amide bonds. The van der Waals surface area contributed by atoms with Gasteiger partial charge in [-0.25, -0.2) is 4.79 Å². The van der Waals surface area contributed by atoms with Crippen LogP contribution in [0.5, 0.6) is 0 Å². The van der Waals surface area contributed by atoms with Crippen molar-refractivity contribution in [3.63, 3.8) is 0 Å².